The van der Waals surface area contributed by atoms with Gasteiger partial charge >= 0.3 is 0 Å². The number of pyridine rings is 2. The van der Waals surface area contributed by atoms with Crippen LogP contribution in [0.3, 0.4) is 0 Å². The van der Waals surface area contributed by atoms with Crippen molar-refractivity contribution in [3.63, 3.8) is 0 Å². The first kappa shape index (κ1) is 22.2. The molecule has 5 heterocycles. The average Bonchev–Trinajstić information content (AvgIpc) is 3.68. The van der Waals surface area contributed by atoms with E-state index in [1.54, 1.807) is 12.4 Å². The van der Waals surface area contributed by atoms with Gasteiger partial charge in [0.1, 0.15) is 17.1 Å². The summed E-state index contributed by atoms with van der Waals surface area (Å²) in [7, 11) is 0. The van der Waals surface area contributed by atoms with Gasteiger partial charge in [0.2, 0.25) is 5.71 Å². The van der Waals surface area contributed by atoms with Gasteiger partial charge in [-0.3, -0.25) is 14.4 Å². The Bertz CT molecular complexity index is 2390. The highest BCUT2D eigenvalue weighted by atomic mass is 16.5. The minimum Gasteiger partial charge on any atom is -0.457 e. The van der Waals surface area contributed by atoms with E-state index in [9.17, 15) is 0 Å². The maximum absolute atomic E-state index is 6.78. The van der Waals surface area contributed by atoms with Gasteiger partial charge < -0.3 is 9.15 Å². The SMILES string of the molecule is c1ccc(-c2cccc(Oc3cc(-c4ccccn4)c4oc5c(c4c3)c3cccc4c6ccccc6n5c43)c2)nc1. The number of benzene rings is 4. The van der Waals surface area contributed by atoms with Crippen LogP contribution in [-0.4, -0.2) is 14.4 Å². The predicted molar refractivity (Wildman–Crippen MR) is 164 cm³/mol. The monoisotopic (exact) mass is 527 g/mol. The molecule has 0 saturated heterocycles. The van der Waals surface area contributed by atoms with Gasteiger partial charge in [0.25, 0.3) is 0 Å². The highest BCUT2D eigenvalue weighted by molar-refractivity contribution is 6.28. The minimum absolute atomic E-state index is 0.716. The van der Waals surface area contributed by atoms with Gasteiger partial charge in [-0.05, 0) is 54.6 Å². The molecule has 0 unspecified atom stereocenters. The van der Waals surface area contributed by atoms with Crippen LogP contribution < -0.4 is 4.74 Å². The molecule has 0 aliphatic rings. The number of nitrogens with zero attached hydrogens (tertiary/aromatic N) is 3. The van der Waals surface area contributed by atoms with Crippen LogP contribution in [0.5, 0.6) is 11.5 Å². The minimum atomic E-state index is 0.716. The van der Waals surface area contributed by atoms with Crippen LogP contribution in [-0.2, 0) is 0 Å². The van der Waals surface area contributed by atoms with Crippen LogP contribution in [0.25, 0.3) is 71.8 Å². The number of hydrogen-bond acceptors (Lipinski definition) is 4. The number of ether oxygens (including phenoxy) is 1. The Balaban J connectivity index is 1.32. The summed E-state index contributed by atoms with van der Waals surface area (Å²) in [6.45, 7) is 0. The van der Waals surface area contributed by atoms with Crippen molar-refractivity contribution in [2.75, 3.05) is 0 Å². The van der Waals surface area contributed by atoms with E-state index in [2.05, 4.69) is 62.9 Å². The Morgan fingerprint density at radius 3 is 2.20 bits per heavy atom. The molecule has 0 saturated carbocycles. The summed E-state index contributed by atoms with van der Waals surface area (Å²) >= 11 is 0. The van der Waals surface area contributed by atoms with Crippen molar-refractivity contribution in [2.45, 2.75) is 0 Å². The summed E-state index contributed by atoms with van der Waals surface area (Å²) in [5.74, 6) is 1.45. The number of rotatable bonds is 4. The third-order valence-corrected chi connectivity index (χ3v) is 7.88. The molecular weight excluding hydrogens is 506 g/mol. The van der Waals surface area contributed by atoms with Crippen molar-refractivity contribution in [1.82, 2.24) is 14.4 Å². The van der Waals surface area contributed by atoms with Crippen molar-refractivity contribution >= 4 is 49.3 Å². The number of furan rings is 1. The first-order valence-corrected chi connectivity index (χ1v) is 13.6. The molecule has 5 nitrogen and oxygen atoms in total. The largest absolute Gasteiger partial charge is 0.457 e. The van der Waals surface area contributed by atoms with E-state index >= 15 is 0 Å². The highest BCUT2D eigenvalue weighted by Gasteiger charge is 2.24. The van der Waals surface area contributed by atoms with Crippen molar-refractivity contribution in [2.24, 2.45) is 0 Å². The first-order valence-electron chi connectivity index (χ1n) is 13.6. The van der Waals surface area contributed by atoms with Crippen molar-refractivity contribution in [3.05, 3.63) is 128 Å². The lowest BCUT2D eigenvalue weighted by Crippen LogP contribution is -1.89. The fraction of sp³-hybridized carbons (Fsp3) is 0. The lowest BCUT2D eigenvalue weighted by Gasteiger charge is -2.10. The standard InChI is InChI=1S/C36H21N3O2/c1-2-16-32-25(11-1)26-12-8-13-27-33-29-21-24(40-23-10-7-9-22(19-23)30-14-3-5-17-37-30)20-28(31-15-4-6-18-38-31)35(29)41-36(33)39(32)34(26)27/h1-21H. The number of fused-ring (bicyclic) bond motifs is 8. The van der Waals surface area contributed by atoms with Crippen molar-refractivity contribution < 1.29 is 9.15 Å². The summed E-state index contributed by atoms with van der Waals surface area (Å²) in [6, 6.07) is 39.0. The number of aromatic nitrogens is 3. The Labute approximate surface area is 234 Å². The Morgan fingerprint density at radius 1 is 0.585 bits per heavy atom. The van der Waals surface area contributed by atoms with Crippen LogP contribution in [0.15, 0.2) is 132 Å². The van der Waals surface area contributed by atoms with Crippen LogP contribution in [0.1, 0.15) is 0 Å². The Morgan fingerprint density at radius 2 is 1.34 bits per heavy atom. The van der Waals surface area contributed by atoms with Crippen molar-refractivity contribution in [1.29, 1.82) is 0 Å². The molecule has 0 amide bonds. The molecule has 5 heteroatoms. The lowest BCUT2D eigenvalue weighted by molar-refractivity contribution is 0.483. The zero-order chi connectivity index (χ0) is 26.9. The molecule has 0 N–H and O–H groups in total. The van der Waals surface area contributed by atoms with E-state index in [1.165, 1.54) is 16.3 Å². The van der Waals surface area contributed by atoms with E-state index in [1.807, 2.05) is 66.7 Å². The molecule has 41 heavy (non-hydrogen) atoms. The fourth-order valence-electron chi connectivity index (χ4n) is 6.17. The molecule has 0 spiro atoms. The molecule has 0 bridgehead atoms. The van der Waals surface area contributed by atoms with Gasteiger partial charge in [-0.15, -0.1) is 0 Å². The summed E-state index contributed by atoms with van der Waals surface area (Å²) in [5.41, 5.74) is 7.55. The molecule has 4 aromatic carbocycles. The van der Waals surface area contributed by atoms with Gasteiger partial charge in [0.15, 0.2) is 0 Å². The maximum atomic E-state index is 6.78. The topological polar surface area (TPSA) is 52.6 Å². The predicted octanol–water partition coefficient (Wildman–Crippen LogP) is 9.50. The summed E-state index contributed by atoms with van der Waals surface area (Å²) in [6.07, 6.45) is 3.61. The molecule has 9 aromatic rings. The third-order valence-electron chi connectivity index (χ3n) is 7.88. The summed E-state index contributed by atoms with van der Waals surface area (Å²) in [5, 5.41) is 5.68. The quantitative estimate of drug-likeness (QED) is 0.229. The van der Waals surface area contributed by atoms with E-state index in [0.717, 1.165) is 61.2 Å². The van der Waals surface area contributed by atoms with Crippen LogP contribution in [0, 0.1) is 0 Å². The van der Waals surface area contributed by atoms with Gasteiger partial charge in [0.05, 0.1) is 27.8 Å². The van der Waals surface area contributed by atoms with Gasteiger partial charge in [-0.1, -0.05) is 60.7 Å². The summed E-state index contributed by atoms with van der Waals surface area (Å²) < 4.78 is 15.6. The van der Waals surface area contributed by atoms with Gasteiger partial charge in [-0.2, -0.15) is 0 Å². The average molecular weight is 528 g/mol. The van der Waals surface area contributed by atoms with Gasteiger partial charge in [0, 0.05) is 45.1 Å². The molecular formula is C36H21N3O2. The maximum Gasteiger partial charge on any atom is 0.213 e. The Hall–Kier alpha value is -5.68. The molecule has 5 aromatic heterocycles. The summed E-state index contributed by atoms with van der Waals surface area (Å²) in [4.78, 5) is 9.18. The zero-order valence-electron chi connectivity index (χ0n) is 21.8. The molecule has 0 aliphatic carbocycles. The van der Waals surface area contributed by atoms with E-state index in [-0.39, 0.29) is 0 Å². The molecule has 9 rings (SSSR count). The Kier molecular flexibility index (Phi) is 4.55. The van der Waals surface area contributed by atoms with E-state index in [4.69, 9.17) is 9.15 Å². The van der Waals surface area contributed by atoms with Crippen LogP contribution in [0.2, 0.25) is 0 Å². The van der Waals surface area contributed by atoms with Crippen molar-refractivity contribution in [3.8, 4) is 34.0 Å². The van der Waals surface area contributed by atoms with Crippen LogP contribution in [0.4, 0.5) is 0 Å². The smallest absolute Gasteiger partial charge is 0.213 e. The molecule has 0 radical (unpaired) electrons. The first-order chi connectivity index (χ1) is 20.3. The molecule has 0 aliphatic heterocycles. The van der Waals surface area contributed by atoms with E-state index < -0.39 is 0 Å². The normalized spacial score (nSPS) is 11.9. The zero-order valence-corrected chi connectivity index (χ0v) is 21.8. The molecule has 0 atom stereocenters. The van der Waals surface area contributed by atoms with Gasteiger partial charge in [-0.25, -0.2) is 0 Å². The number of hydrogen-bond donors (Lipinski definition) is 0. The second-order valence-corrected chi connectivity index (χ2v) is 10.2. The number of para-hydroxylation sites is 2. The second kappa shape index (κ2) is 8.41. The highest BCUT2D eigenvalue weighted by Crippen LogP contribution is 2.46. The lowest BCUT2D eigenvalue weighted by atomic mass is 10.0. The molecule has 0 fully saturated rings. The molecule has 192 valence electrons. The van der Waals surface area contributed by atoms with E-state index in [0.29, 0.717) is 5.75 Å². The second-order valence-electron chi connectivity index (χ2n) is 10.2. The van der Waals surface area contributed by atoms with Crippen LogP contribution >= 0.6 is 0 Å². The fourth-order valence-corrected chi connectivity index (χ4v) is 6.17. The third kappa shape index (κ3) is 3.23.